The molecule has 124 valence electrons. The molecule has 0 aromatic rings. The van der Waals surface area contributed by atoms with E-state index in [2.05, 4.69) is 27.7 Å². The molecular weight excluding hydrogens is 272 g/mol. The standard InChI is InChI=1S/C20H32O2/c1-13(2)14-8-11-19(4)15(12-14)6-7-16-18(3)9-5-10-20(16,19)22-17(18)21/h13-16H,5-12H2,1-4H3/t14-,15+,16-,18-,19-,20+/m1/s1. The van der Waals surface area contributed by atoms with Crippen LogP contribution in [0.5, 0.6) is 0 Å². The Kier molecular flexibility index (Phi) is 3.08. The molecule has 1 heterocycles. The van der Waals surface area contributed by atoms with Crippen LogP contribution in [0.25, 0.3) is 0 Å². The zero-order valence-electron chi connectivity index (χ0n) is 14.8. The Hall–Kier alpha value is -0.530. The molecule has 4 aliphatic rings. The third-order valence-electron chi connectivity index (χ3n) is 8.55. The van der Waals surface area contributed by atoms with Gasteiger partial charge in [0, 0.05) is 11.3 Å². The zero-order chi connectivity index (χ0) is 15.8. The topological polar surface area (TPSA) is 26.3 Å². The summed E-state index contributed by atoms with van der Waals surface area (Å²) in [5, 5.41) is 0. The van der Waals surface area contributed by atoms with Gasteiger partial charge < -0.3 is 4.74 Å². The lowest BCUT2D eigenvalue weighted by atomic mass is 9.43. The molecule has 3 aliphatic carbocycles. The summed E-state index contributed by atoms with van der Waals surface area (Å²) >= 11 is 0. The molecule has 2 bridgehead atoms. The van der Waals surface area contributed by atoms with Crippen molar-refractivity contribution in [1.82, 2.24) is 0 Å². The monoisotopic (exact) mass is 304 g/mol. The van der Waals surface area contributed by atoms with Crippen molar-refractivity contribution in [1.29, 1.82) is 0 Å². The minimum Gasteiger partial charge on any atom is -0.458 e. The number of esters is 1. The molecule has 2 heteroatoms. The number of ether oxygens (including phenoxy) is 1. The molecule has 0 aromatic heterocycles. The quantitative estimate of drug-likeness (QED) is 0.640. The van der Waals surface area contributed by atoms with E-state index < -0.39 is 0 Å². The first-order chi connectivity index (χ1) is 10.3. The molecule has 0 unspecified atom stereocenters. The van der Waals surface area contributed by atoms with Crippen LogP contribution in [-0.2, 0) is 9.53 Å². The van der Waals surface area contributed by atoms with Crippen LogP contribution >= 0.6 is 0 Å². The van der Waals surface area contributed by atoms with E-state index in [0.29, 0.717) is 5.92 Å². The predicted octanol–water partition coefficient (Wildman–Crippen LogP) is 4.96. The molecule has 0 aromatic carbocycles. The van der Waals surface area contributed by atoms with Crippen molar-refractivity contribution >= 4 is 5.97 Å². The van der Waals surface area contributed by atoms with Gasteiger partial charge in [0.2, 0.25) is 0 Å². The molecular formula is C20H32O2. The summed E-state index contributed by atoms with van der Waals surface area (Å²) in [6.45, 7) is 9.43. The maximum atomic E-state index is 12.7. The molecule has 2 nitrogen and oxygen atoms in total. The van der Waals surface area contributed by atoms with Crippen LogP contribution in [0.1, 0.15) is 79.1 Å². The van der Waals surface area contributed by atoms with Crippen molar-refractivity contribution in [2.45, 2.75) is 84.7 Å². The van der Waals surface area contributed by atoms with Gasteiger partial charge >= 0.3 is 5.97 Å². The maximum absolute atomic E-state index is 12.7. The van der Waals surface area contributed by atoms with Gasteiger partial charge in [0.25, 0.3) is 0 Å². The van der Waals surface area contributed by atoms with Crippen LogP contribution in [0.2, 0.25) is 0 Å². The molecule has 1 saturated heterocycles. The third-order valence-corrected chi connectivity index (χ3v) is 8.55. The Bertz CT molecular complexity index is 498. The fraction of sp³-hybridized carbons (Fsp3) is 0.950. The van der Waals surface area contributed by atoms with Crippen LogP contribution in [0.4, 0.5) is 0 Å². The van der Waals surface area contributed by atoms with Gasteiger partial charge in [0.1, 0.15) is 5.60 Å². The fourth-order valence-electron chi connectivity index (χ4n) is 6.98. The Morgan fingerprint density at radius 2 is 1.86 bits per heavy atom. The van der Waals surface area contributed by atoms with Gasteiger partial charge in [0.05, 0.1) is 5.41 Å². The first kappa shape index (κ1) is 15.0. The second-order valence-electron chi connectivity index (χ2n) is 9.57. The first-order valence-electron chi connectivity index (χ1n) is 9.57. The highest BCUT2D eigenvalue weighted by Crippen LogP contribution is 2.70. The second-order valence-corrected chi connectivity index (χ2v) is 9.57. The molecule has 4 fully saturated rings. The maximum Gasteiger partial charge on any atom is 0.312 e. The Balaban J connectivity index is 1.72. The Morgan fingerprint density at radius 1 is 1.09 bits per heavy atom. The van der Waals surface area contributed by atoms with Crippen molar-refractivity contribution < 1.29 is 9.53 Å². The van der Waals surface area contributed by atoms with Gasteiger partial charge in [-0.25, -0.2) is 0 Å². The van der Waals surface area contributed by atoms with Crippen molar-refractivity contribution in [2.75, 3.05) is 0 Å². The van der Waals surface area contributed by atoms with Gasteiger partial charge in [0.15, 0.2) is 0 Å². The average Bonchev–Trinajstić information content (AvgIpc) is 2.59. The zero-order valence-corrected chi connectivity index (χ0v) is 14.8. The highest BCUT2D eigenvalue weighted by molar-refractivity contribution is 5.81. The van der Waals surface area contributed by atoms with Gasteiger partial charge in [-0.05, 0) is 76.0 Å². The molecule has 6 atom stereocenters. The smallest absolute Gasteiger partial charge is 0.312 e. The number of hydrogen-bond acceptors (Lipinski definition) is 2. The van der Waals surface area contributed by atoms with Crippen molar-refractivity contribution in [2.24, 2.45) is 34.5 Å². The number of carbonyl (C=O) groups is 1. The van der Waals surface area contributed by atoms with E-state index in [-0.39, 0.29) is 22.4 Å². The summed E-state index contributed by atoms with van der Waals surface area (Å²) in [4.78, 5) is 12.7. The number of fused-ring (bicyclic) bond motifs is 1. The van der Waals surface area contributed by atoms with Gasteiger partial charge in [-0.15, -0.1) is 0 Å². The van der Waals surface area contributed by atoms with Crippen LogP contribution in [0, 0.1) is 34.5 Å². The van der Waals surface area contributed by atoms with Crippen LogP contribution in [0.3, 0.4) is 0 Å². The second kappa shape index (κ2) is 4.51. The average molecular weight is 304 g/mol. The van der Waals surface area contributed by atoms with E-state index in [1.54, 1.807) is 0 Å². The van der Waals surface area contributed by atoms with Crippen LogP contribution < -0.4 is 0 Å². The molecule has 22 heavy (non-hydrogen) atoms. The Labute approximate surface area is 135 Å². The fourth-order valence-corrected chi connectivity index (χ4v) is 6.98. The predicted molar refractivity (Wildman–Crippen MR) is 87.3 cm³/mol. The van der Waals surface area contributed by atoms with Crippen molar-refractivity contribution in [3.05, 3.63) is 0 Å². The van der Waals surface area contributed by atoms with E-state index in [9.17, 15) is 4.79 Å². The third kappa shape index (κ3) is 1.60. The summed E-state index contributed by atoms with van der Waals surface area (Å²) < 4.78 is 6.31. The molecule has 4 rings (SSSR count). The summed E-state index contributed by atoms with van der Waals surface area (Å²) in [5.41, 5.74) is -0.0712. The molecule has 1 aliphatic heterocycles. The van der Waals surface area contributed by atoms with Gasteiger partial charge in [-0.1, -0.05) is 20.8 Å². The normalized spacial score (nSPS) is 53.9. The molecule has 0 amide bonds. The molecule has 0 radical (unpaired) electrons. The lowest BCUT2D eigenvalue weighted by molar-refractivity contribution is -0.201. The lowest BCUT2D eigenvalue weighted by Gasteiger charge is -2.61. The van der Waals surface area contributed by atoms with E-state index in [0.717, 1.165) is 30.6 Å². The van der Waals surface area contributed by atoms with Crippen molar-refractivity contribution in [3.8, 4) is 0 Å². The Morgan fingerprint density at radius 3 is 2.59 bits per heavy atom. The minimum absolute atomic E-state index is 0.123. The minimum atomic E-state index is -0.179. The number of hydrogen-bond donors (Lipinski definition) is 0. The highest BCUT2D eigenvalue weighted by atomic mass is 16.6. The summed E-state index contributed by atoms with van der Waals surface area (Å²) in [6.07, 6.45) is 9.83. The number of carbonyl (C=O) groups excluding carboxylic acids is 1. The van der Waals surface area contributed by atoms with Gasteiger partial charge in [-0.3, -0.25) is 4.79 Å². The molecule has 0 spiro atoms. The van der Waals surface area contributed by atoms with Crippen LogP contribution in [0.15, 0.2) is 0 Å². The van der Waals surface area contributed by atoms with Crippen LogP contribution in [-0.4, -0.2) is 11.6 Å². The van der Waals surface area contributed by atoms with E-state index in [4.69, 9.17) is 4.74 Å². The van der Waals surface area contributed by atoms with E-state index >= 15 is 0 Å². The molecule has 0 N–H and O–H groups in total. The molecule has 3 saturated carbocycles. The number of rotatable bonds is 1. The summed E-state index contributed by atoms with van der Waals surface area (Å²) in [7, 11) is 0. The lowest BCUT2D eigenvalue weighted by Crippen LogP contribution is -2.62. The van der Waals surface area contributed by atoms with E-state index in [1.165, 1.54) is 38.5 Å². The van der Waals surface area contributed by atoms with Crippen molar-refractivity contribution in [3.63, 3.8) is 0 Å². The van der Waals surface area contributed by atoms with E-state index in [1.807, 2.05) is 0 Å². The highest BCUT2D eigenvalue weighted by Gasteiger charge is 2.73. The summed E-state index contributed by atoms with van der Waals surface area (Å²) in [6, 6.07) is 0. The first-order valence-corrected chi connectivity index (χ1v) is 9.57. The largest absolute Gasteiger partial charge is 0.458 e. The SMILES string of the molecule is CC(C)[C@@H]1CC[C@]2(C)[C@@H](CC[C@@H]3[C@@]4(C)CCC[C@]32OC4=O)C1. The van der Waals surface area contributed by atoms with Gasteiger partial charge in [-0.2, -0.15) is 0 Å². The summed E-state index contributed by atoms with van der Waals surface area (Å²) in [5.74, 6) is 3.04.